The number of amides is 1. The summed E-state index contributed by atoms with van der Waals surface area (Å²) in [4.78, 5) is 16.4. The van der Waals surface area contributed by atoms with Crippen molar-refractivity contribution in [2.45, 2.75) is 25.7 Å². The summed E-state index contributed by atoms with van der Waals surface area (Å²) >= 11 is 0. The number of anilines is 1. The van der Waals surface area contributed by atoms with Crippen LogP contribution in [0.5, 0.6) is 0 Å². The Labute approximate surface area is 205 Å². The highest BCUT2D eigenvalue weighted by Crippen LogP contribution is 2.32. The summed E-state index contributed by atoms with van der Waals surface area (Å²) in [5, 5.41) is 6.54. The third-order valence-electron chi connectivity index (χ3n) is 5.42. The zero-order valence-corrected chi connectivity index (χ0v) is 20.4. The molecule has 10 heteroatoms. The molecule has 5 nitrogen and oxygen atoms in total. The fourth-order valence-corrected chi connectivity index (χ4v) is 3.73. The molecule has 0 saturated heterocycles. The van der Waals surface area contributed by atoms with Crippen molar-refractivity contribution in [1.82, 2.24) is 15.1 Å². The molecule has 2 aromatic rings. The van der Waals surface area contributed by atoms with Crippen LogP contribution in [0.4, 0.5) is 18.9 Å². The van der Waals surface area contributed by atoms with E-state index in [-0.39, 0.29) is 49.4 Å². The van der Waals surface area contributed by atoms with Gasteiger partial charge in [-0.2, -0.15) is 13.2 Å². The second-order valence-electron chi connectivity index (χ2n) is 8.00. The molecule has 1 amide bonds. The van der Waals surface area contributed by atoms with Crippen molar-refractivity contribution < 1.29 is 18.0 Å². The fourth-order valence-electron chi connectivity index (χ4n) is 3.73. The standard InChI is InChI=1S/C23H29F3N4O.2ClH/c1-29(2)12-13-30(16-18-6-3-4-8-20(18)23(24,25)26)22(31)15-28-21-9-5-7-17-14-27-11-10-19(17)21;;/h3-9,27-28H,10-16H2,1-2H3;2*1H. The molecular weight excluding hydrogens is 476 g/mol. The van der Waals surface area contributed by atoms with E-state index in [0.29, 0.717) is 13.1 Å². The number of hydrogen-bond donors (Lipinski definition) is 2. The van der Waals surface area contributed by atoms with Crippen LogP contribution in [0.25, 0.3) is 0 Å². The van der Waals surface area contributed by atoms with E-state index in [0.717, 1.165) is 31.3 Å². The Bertz CT molecular complexity index is 910. The van der Waals surface area contributed by atoms with Crippen molar-refractivity contribution >= 4 is 36.4 Å². The zero-order chi connectivity index (χ0) is 22.4. The maximum absolute atomic E-state index is 13.4. The van der Waals surface area contributed by atoms with Crippen LogP contribution in [0.2, 0.25) is 0 Å². The van der Waals surface area contributed by atoms with Gasteiger partial charge in [-0.3, -0.25) is 4.79 Å². The smallest absolute Gasteiger partial charge is 0.376 e. The maximum Gasteiger partial charge on any atom is 0.416 e. The molecule has 0 bridgehead atoms. The van der Waals surface area contributed by atoms with Crippen molar-refractivity contribution in [3.05, 3.63) is 64.7 Å². The molecule has 2 N–H and O–H groups in total. The number of nitrogens with zero attached hydrogens (tertiary/aromatic N) is 2. The fraction of sp³-hybridized carbons (Fsp3) is 0.435. The van der Waals surface area contributed by atoms with Crippen molar-refractivity contribution in [1.29, 1.82) is 0 Å². The van der Waals surface area contributed by atoms with Crippen molar-refractivity contribution in [2.75, 3.05) is 45.6 Å². The zero-order valence-electron chi connectivity index (χ0n) is 18.7. The number of rotatable bonds is 8. The van der Waals surface area contributed by atoms with Gasteiger partial charge in [0, 0.05) is 31.9 Å². The molecule has 33 heavy (non-hydrogen) atoms. The minimum atomic E-state index is -4.46. The van der Waals surface area contributed by atoms with Gasteiger partial charge in [0.15, 0.2) is 0 Å². The summed E-state index contributed by atoms with van der Waals surface area (Å²) in [6, 6.07) is 11.4. The van der Waals surface area contributed by atoms with Gasteiger partial charge >= 0.3 is 6.18 Å². The number of benzene rings is 2. The van der Waals surface area contributed by atoms with Crippen LogP contribution >= 0.6 is 24.8 Å². The van der Waals surface area contributed by atoms with Crippen LogP contribution in [0.1, 0.15) is 22.3 Å². The lowest BCUT2D eigenvalue weighted by Crippen LogP contribution is -2.40. The van der Waals surface area contributed by atoms with Crippen LogP contribution in [0, 0.1) is 0 Å². The highest BCUT2D eigenvalue weighted by molar-refractivity contribution is 5.85. The number of halogens is 5. The number of fused-ring (bicyclic) bond motifs is 1. The highest BCUT2D eigenvalue weighted by atomic mass is 35.5. The van der Waals surface area contributed by atoms with Gasteiger partial charge in [0.2, 0.25) is 5.91 Å². The monoisotopic (exact) mass is 506 g/mol. The number of carbonyl (C=O) groups excluding carboxylic acids is 1. The predicted molar refractivity (Wildman–Crippen MR) is 130 cm³/mol. The molecule has 0 saturated carbocycles. The molecule has 0 aromatic heterocycles. The molecule has 0 radical (unpaired) electrons. The van der Waals surface area contributed by atoms with E-state index in [1.807, 2.05) is 31.1 Å². The molecule has 1 heterocycles. The van der Waals surface area contributed by atoms with E-state index in [2.05, 4.69) is 16.7 Å². The normalized spacial score (nSPS) is 12.9. The van der Waals surface area contributed by atoms with Gasteiger partial charge in [0.1, 0.15) is 0 Å². The van der Waals surface area contributed by atoms with E-state index in [1.165, 1.54) is 28.2 Å². The Hall–Kier alpha value is -2.00. The number of likely N-dealkylation sites (N-methyl/N-ethyl adjacent to an activating group) is 1. The highest BCUT2D eigenvalue weighted by Gasteiger charge is 2.33. The van der Waals surface area contributed by atoms with Crippen molar-refractivity contribution in [3.63, 3.8) is 0 Å². The summed E-state index contributed by atoms with van der Waals surface area (Å²) in [7, 11) is 3.74. The predicted octanol–water partition coefficient (Wildman–Crippen LogP) is 4.20. The minimum Gasteiger partial charge on any atom is -0.376 e. The van der Waals surface area contributed by atoms with Crippen LogP contribution in [-0.4, -0.2) is 56.0 Å². The molecule has 0 unspecified atom stereocenters. The lowest BCUT2D eigenvalue weighted by atomic mass is 9.99. The lowest BCUT2D eigenvalue weighted by Gasteiger charge is -2.27. The third-order valence-corrected chi connectivity index (χ3v) is 5.42. The quantitative estimate of drug-likeness (QED) is 0.563. The first kappa shape index (κ1) is 29.0. The molecule has 0 aliphatic carbocycles. The van der Waals surface area contributed by atoms with Gasteiger partial charge in [-0.25, -0.2) is 0 Å². The Morgan fingerprint density at radius 3 is 2.48 bits per heavy atom. The van der Waals surface area contributed by atoms with Gasteiger partial charge < -0.3 is 20.4 Å². The van der Waals surface area contributed by atoms with E-state index in [9.17, 15) is 18.0 Å². The second-order valence-corrected chi connectivity index (χ2v) is 8.00. The van der Waals surface area contributed by atoms with Gasteiger partial charge in [0.05, 0.1) is 12.1 Å². The summed E-state index contributed by atoms with van der Waals surface area (Å²) in [6.07, 6.45) is -3.59. The van der Waals surface area contributed by atoms with Crippen molar-refractivity contribution in [3.8, 4) is 0 Å². The molecule has 184 valence electrons. The second kappa shape index (κ2) is 13.0. The largest absolute Gasteiger partial charge is 0.416 e. The van der Waals surface area contributed by atoms with Gasteiger partial charge in [-0.05, 0) is 55.9 Å². The average Bonchev–Trinajstić information content (AvgIpc) is 2.74. The first-order chi connectivity index (χ1) is 14.8. The molecule has 1 aliphatic rings. The lowest BCUT2D eigenvalue weighted by molar-refractivity contribution is -0.139. The van der Waals surface area contributed by atoms with Gasteiger partial charge in [-0.1, -0.05) is 30.3 Å². The molecular formula is C23H31Cl2F3N4O. The van der Waals surface area contributed by atoms with Gasteiger partial charge in [0.25, 0.3) is 0 Å². The Morgan fingerprint density at radius 2 is 1.79 bits per heavy atom. The Kier molecular flexibility index (Phi) is 11.5. The summed E-state index contributed by atoms with van der Waals surface area (Å²) in [5.74, 6) is -0.231. The Morgan fingerprint density at radius 1 is 1.06 bits per heavy atom. The van der Waals surface area contributed by atoms with Crippen molar-refractivity contribution in [2.24, 2.45) is 0 Å². The number of alkyl halides is 3. The summed E-state index contributed by atoms with van der Waals surface area (Å²) in [6.45, 7) is 2.53. The molecule has 0 spiro atoms. The summed E-state index contributed by atoms with van der Waals surface area (Å²) < 4.78 is 40.2. The van der Waals surface area contributed by atoms with E-state index in [1.54, 1.807) is 6.07 Å². The van der Waals surface area contributed by atoms with Gasteiger partial charge in [-0.15, -0.1) is 24.8 Å². The minimum absolute atomic E-state index is 0. The molecule has 3 rings (SSSR count). The van der Waals surface area contributed by atoms with E-state index in [4.69, 9.17) is 0 Å². The van der Waals surface area contributed by atoms with E-state index >= 15 is 0 Å². The number of carbonyl (C=O) groups is 1. The topological polar surface area (TPSA) is 47.6 Å². The SMILES string of the molecule is CN(C)CCN(Cc1ccccc1C(F)(F)F)C(=O)CNc1cccc2c1CCNC2.Cl.Cl. The molecule has 1 aliphatic heterocycles. The molecule has 0 fully saturated rings. The molecule has 2 aromatic carbocycles. The average molecular weight is 507 g/mol. The van der Waals surface area contributed by atoms with Crippen LogP contribution < -0.4 is 10.6 Å². The first-order valence-electron chi connectivity index (χ1n) is 10.4. The summed E-state index contributed by atoms with van der Waals surface area (Å²) in [5.41, 5.74) is 2.71. The number of nitrogens with one attached hydrogen (secondary N) is 2. The van der Waals surface area contributed by atoms with E-state index < -0.39 is 11.7 Å². The van der Waals surface area contributed by atoms with Crippen LogP contribution in [0.3, 0.4) is 0 Å². The third kappa shape index (κ3) is 8.07. The van der Waals surface area contributed by atoms with Crippen LogP contribution in [-0.2, 0) is 30.5 Å². The first-order valence-corrected chi connectivity index (χ1v) is 10.4. The number of hydrogen-bond acceptors (Lipinski definition) is 4. The molecule has 0 atom stereocenters. The maximum atomic E-state index is 13.4. The van der Waals surface area contributed by atoms with Crippen LogP contribution in [0.15, 0.2) is 42.5 Å². The Balaban J connectivity index is 0.00000272.